The number of azo groups is 1. The third kappa shape index (κ3) is 3.79. The van der Waals surface area contributed by atoms with Crippen molar-refractivity contribution in [1.82, 2.24) is 0 Å². The van der Waals surface area contributed by atoms with Crippen LogP contribution in [0.4, 0.5) is 5.69 Å². The minimum atomic E-state index is -1.48. The Morgan fingerprint density at radius 2 is 2.05 bits per heavy atom. The highest BCUT2D eigenvalue weighted by atomic mass is 32.1. The van der Waals surface area contributed by atoms with Gasteiger partial charge in [-0.15, -0.1) is 5.11 Å². The third-order valence-corrected chi connectivity index (χ3v) is 2.76. The molecule has 20 heavy (non-hydrogen) atoms. The lowest BCUT2D eigenvalue weighted by Gasteiger charge is -2.24. The maximum atomic E-state index is 12.2. The Morgan fingerprint density at radius 1 is 1.40 bits per heavy atom. The van der Waals surface area contributed by atoms with Gasteiger partial charge in [-0.1, -0.05) is 32.0 Å². The topological polar surface area (TPSA) is 63.4 Å². The molecule has 0 radical (unpaired) electrons. The molecule has 0 aliphatic heterocycles. The van der Waals surface area contributed by atoms with E-state index in [4.69, 9.17) is 4.74 Å². The number of hydrogen-bond acceptors (Lipinski definition) is 6. The van der Waals surface area contributed by atoms with Gasteiger partial charge < -0.3 is 4.74 Å². The van der Waals surface area contributed by atoms with Crippen LogP contribution in [0.3, 0.4) is 0 Å². The van der Waals surface area contributed by atoms with E-state index >= 15 is 0 Å². The molecule has 0 amide bonds. The summed E-state index contributed by atoms with van der Waals surface area (Å²) in [7, 11) is 0. The van der Waals surface area contributed by atoms with Gasteiger partial charge >= 0.3 is 5.97 Å². The van der Waals surface area contributed by atoms with Crippen LogP contribution in [0.2, 0.25) is 0 Å². The summed E-state index contributed by atoms with van der Waals surface area (Å²) < 4.78 is 5.04. The predicted molar refractivity (Wildman–Crippen MR) is 80.2 cm³/mol. The maximum Gasteiger partial charge on any atom is 0.359 e. The van der Waals surface area contributed by atoms with Crippen LogP contribution in [-0.2, 0) is 9.53 Å². The molecule has 1 rings (SSSR count). The second kappa shape index (κ2) is 7.62. The number of thiocarbonyl (C=S) groups is 1. The normalized spacial score (nSPS) is 13.8. The zero-order chi connectivity index (χ0) is 15.0. The SMILES string of the molecule is CCOC(=O)C(N=C=S)(N=Nc1ccccc1)C(C)C. The highest BCUT2D eigenvalue weighted by molar-refractivity contribution is 7.78. The highest BCUT2D eigenvalue weighted by Gasteiger charge is 2.44. The largest absolute Gasteiger partial charge is 0.463 e. The van der Waals surface area contributed by atoms with E-state index in [0.717, 1.165) is 0 Å². The summed E-state index contributed by atoms with van der Waals surface area (Å²) in [5.74, 6) is -0.837. The number of carbonyl (C=O) groups excluding carboxylic acids is 1. The van der Waals surface area contributed by atoms with Crippen molar-refractivity contribution in [2.24, 2.45) is 21.1 Å². The first-order valence-corrected chi connectivity index (χ1v) is 6.71. The molecule has 0 heterocycles. The van der Waals surface area contributed by atoms with Crippen LogP contribution < -0.4 is 0 Å². The van der Waals surface area contributed by atoms with Crippen LogP contribution in [0.25, 0.3) is 0 Å². The van der Waals surface area contributed by atoms with Gasteiger partial charge in [-0.3, -0.25) is 0 Å². The van der Waals surface area contributed by atoms with Crippen molar-refractivity contribution in [3.05, 3.63) is 30.3 Å². The van der Waals surface area contributed by atoms with Gasteiger partial charge in [0.25, 0.3) is 5.66 Å². The Morgan fingerprint density at radius 3 is 2.55 bits per heavy atom. The number of hydrogen-bond donors (Lipinski definition) is 0. The van der Waals surface area contributed by atoms with Gasteiger partial charge in [-0.2, -0.15) is 10.1 Å². The van der Waals surface area contributed by atoms with E-state index in [-0.39, 0.29) is 12.5 Å². The maximum absolute atomic E-state index is 12.2. The minimum Gasteiger partial charge on any atom is -0.463 e. The van der Waals surface area contributed by atoms with Crippen molar-refractivity contribution in [2.45, 2.75) is 26.4 Å². The molecule has 1 unspecified atom stereocenters. The van der Waals surface area contributed by atoms with Crippen LogP contribution >= 0.6 is 12.2 Å². The Labute approximate surface area is 123 Å². The number of esters is 1. The summed E-state index contributed by atoms with van der Waals surface area (Å²) in [5.41, 5.74) is -0.852. The van der Waals surface area contributed by atoms with E-state index in [1.807, 2.05) is 18.2 Å². The fourth-order valence-electron chi connectivity index (χ4n) is 1.52. The molecule has 0 saturated heterocycles. The molecule has 6 heteroatoms. The summed E-state index contributed by atoms with van der Waals surface area (Å²) in [5, 5.41) is 10.4. The molecular weight excluding hydrogens is 274 g/mol. The van der Waals surface area contributed by atoms with Crippen LogP contribution in [0.1, 0.15) is 20.8 Å². The quantitative estimate of drug-likeness (QED) is 0.347. The first kappa shape index (κ1) is 16.1. The van der Waals surface area contributed by atoms with Gasteiger partial charge in [0.05, 0.1) is 17.5 Å². The number of isothiocyanates is 1. The molecule has 0 aliphatic carbocycles. The number of ether oxygens (including phenoxy) is 1. The van der Waals surface area contributed by atoms with Crippen molar-refractivity contribution in [2.75, 3.05) is 6.61 Å². The molecule has 0 N–H and O–H groups in total. The van der Waals surface area contributed by atoms with Crippen LogP contribution in [0.5, 0.6) is 0 Å². The number of rotatable bonds is 6. The summed E-state index contributed by atoms with van der Waals surface area (Å²) >= 11 is 4.63. The molecule has 0 spiro atoms. The van der Waals surface area contributed by atoms with Crippen LogP contribution in [-0.4, -0.2) is 23.4 Å². The van der Waals surface area contributed by atoms with Gasteiger partial charge in [0.2, 0.25) is 0 Å². The molecule has 0 saturated carbocycles. The zero-order valence-corrected chi connectivity index (χ0v) is 12.6. The smallest absolute Gasteiger partial charge is 0.359 e. The second-order valence-corrected chi connectivity index (χ2v) is 4.52. The summed E-state index contributed by atoms with van der Waals surface area (Å²) in [6.07, 6.45) is 0. The van der Waals surface area contributed by atoms with Crippen LogP contribution in [0, 0.1) is 5.92 Å². The summed E-state index contributed by atoms with van der Waals surface area (Å²) in [6, 6.07) is 9.09. The zero-order valence-electron chi connectivity index (χ0n) is 11.7. The molecule has 0 bridgehead atoms. The molecule has 5 nitrogen and oxygen atoms in total. The fourth-order valence-corrected chi connectivity index (χ4v) is 1.66. The van der Waals surface area contributed by atoms with Crippen molar-refractivity contribution >= 4 is 29.0 Å². The van der Waals surface area contributed by atoms with E-state index in [0.29, 0.717) is 5.69 Å². The molecule has 1 aromatic rings. The number of carbonyl (C=O) groups is 1. The molecule has 0 aromatic heterocycles. The summed E-state index contributed by atoms with van der Waals surface area (Å²) in [4.78, 5) is 16.1. The van der Waals surface area contributed by atoms with Crippen molar-refractivity contribution in [3.8, 4) is 0 Å². The van der Waals surface area contributed by atoms with E-state index in [1.165, 1.54) is 0 Å². The van der Waals surface area contributed by atoms with E-state index in [9.17, 15) is 4.79 Å². The van der Waals surface area contributed by atoms with Crippen LogP contribution in [0.15, 0.2) is 45.6 Å². The van der Waals surface area contributed by atoms with Gasteiger partial charge in [-0.25, -0.2) is 4.79 Å². The Balaban J connectivity index is 3.19. The van der Waals surface area contributed by atoms with E-state index in [2.05, 4.69) is 32.6 Å². The standard InChI is InChI=1S/C14H17N3O2S/c1-4-19-13(18)14(11(2)3,15-10-20)17-16-12-8-6-5-7-9-12/h5-9,11H,4H2,1-3H3. The molecule has 106 valence electrons. The Kier molecular flexibility index (Phi) is 6.15. The number of nitrogens with zero attached hydrogens (tertiary/aromatic N) is 3. The van der Waals surface area contributed by atoms with Crippen molar-refractivity contribution in [3.63, 3.8) is 0 Å². The molecular formula is C14H17N3O2S. The van der Waals surface area contributed by atoms with Gasteiger partial charge in [0.1, 0.15) is 0 Å². The average molecular weight is 291 g/mol. The Bertz CT molecular complexity index is 524. The average Bonchev–Trinajstić information content (AvgIpc) is 2.44. The van der Waals surface area contributed by atoms with Gasteiger partial charge in [0, 0.05) is 5.92 Å². The third-order valence-electron chi connectivity index (χ3n) is 2.67. The summed E-state index contributed by atoms with van der Waals surface area (Å²) in [6.45, 7) is 5.56. The second-order valence-electron chi connectivity index (χ2n) is 4.34. The monoisotopic (exact) mass is 291 g/mol. The number of aliphatic imine (C=N–C) groups is 1. The predicted octanol–water partition coefficient (Wildman–Crippen LogP) is 3.79. The molecule has 1 aromatic carbocycles. The minimum absolute atomic E-state index is 0.237. The number of benzene rings is 1. The lowest BCUT2D eigenvalue weighted by molar-refractivity contribution is -0.151. The molecule has 0 aliphatic rings. The first-order chi connectivity index (χ1) is 9.56. The fraction of sp³-hybridized carbons (Fsp3) is 0.429. The molecule has 1 atom stereocenters. The van der Waals surface area contributed by atoms with Crippen molar-refractivity contribution < 1.29 is 9.53 Å². The lowest BCUT2D eigenvalue weighted by atomic mass is 9.98. The Hall–Kier alpha value is -1.91. The van der Waals surface area contributed by atoms with Gasteiger partial charge in [0.15, 0.2) is 0 Å². The van der Waals surface area contributed by atoms with Crippen molar-refractivity contribution in [1.29, 1.82) is 0 Å². The molecule has 0 fully saturated rings. The van der Waals surface area contributed by atoms with Gasteiger partial charge in [-0.05, 0) is 31.3 Å². The van der Waals surface area contributed by atoms with E-state index < -0.39 is 11.6 Å². The van der Waals surface area contributed by atoms with E-state index in [1.54, 1.807) is 32.9 Å². The highest BCUT2D eigenvalue weighted by Crippen LogP contribution is 2.27. The lowest BCUT2D eigenvalue weighted by Crippen LogP contribution is -2.41. The first-order valence-electron chi connectivity index (χ1n) is 6.31.